The monoisotopic (exact) mass is 588 g/mol. The van der Waals surface area contributed by atoms with Gasteiger partial charge in [-0.2, -0.15) is 0 Å². The molecule has 11 nitrogen and oxygen atoms in total. The lowest BCUT2D eigenvalue weighted by atomic mass is 10.2. The van der Waals surface area contributed by atoms with E-state index in [9.17, 15) is 13.2 Å². The molecule has 222 valence electrons. The Kier molecular flexibility index (Phi) is 10.9. The van der Waals surface area contributed by atoms with Gasteiger partial charge in [0.05, 0.1) is 52.2 Å². The lowest BCUT2D eigenvalue weighted by molar-refractivity contribution is -0.119. The lowest BCUT2D eigenvalue weighted by Crippen LogP contribution is -2.41. The second kappa shape index (κ2) is 14.4. The van der Waals surface area contributed by atoms with Gasteiger partial charge >= 0.3 is 0 Å². The average molecular weight is 589 g/mol. The Morgan fingerprint density at radius 3 is 2.00 bits per heavy atom. The number of nitrogens with zero attached hydrogens (tertiary/aromatic N) is 1. The maximum Gasteiger partial charge on any atom is 0.265 e. The van der Waals surface area contributed by atoms with Crippen molar-refractivity contribution < 1.29 is 41.6 Å². The number of carbonyl (C=O) groups is 1. The van der Waals surface area contributed by atoms with Crippen molar-refractivity contribution in [3.05, 3.63) is 60.2 Å². The van der Waals surface area contributed by atoms with Crippen LogP contribution in [0.4, 0.5) is 5.69 Å². The number of carbonyl (C=O) groups excluding carboxylic acids is 1. The number of anilines is 1. The largest absolute Gasteiger partial charge is 0.497 e. The summed E-state index contributed by atoms with van der Waals surface area (Å²) in [5.74, 6) is 1.79. The number of benzene rings is 3. The predicted molar refractivity (Wildman–Crippen MR) is 154 cm³/mol. The third kappa shape index (κ3) is 7.46. The first kappa shape index (κ1) is 31.2. The van der Waals surface area contributed by atoms with Gasteiger partial charge in [0.25, 0.3) is 10.0 Å². The molecule has 0 radical (unpaired) electrons. The normalized spacial score (nSPS) is 10.9. The van der Waals surface area contributed by atoms with E-state index in [1.807, 2.05) is 13.8 Å². The molecule has 0 atom stereocenters. The highest BCUT2D eigenvalue weighted by molar-refractivity contribution is 7.92. The summed E-state index contributed by atoms with van der Waals surface area (Å²) in [6.07, 6.45) is 0. The van der Waals surface area contributed by atoms with Gasteiger partial charge in [0.15, 0.2) is 23.0 Å². The highest BCUT2D eigenvalue weighted by atomic mass is 32.2. The van der Waals surface area contributed by atoms with Crippen LogP contribution in [0.2, 0.25) is 0 Å². The molecule has 0 bridgehead atoms. The third-order valence-corrected chi connectivity index (χ3v) is 7.74. The minimum Gasteiger partial charge on any atom is -0.497 e. The fourth-order valence-electron chi connectivity index (χ4n) is 3.99. The van der Waals surface area contributed by atoms with Gasteiger partial charge in [0.2, 0.25) is 5.91 Å². The van der Waals surface area contributed by atoms with Crippen molar-refractivity contribution in [2.75, 3.05) is 52.5 Å². The Morgan fingerprint density at radius 1 is 0.732 bits per heavy atom. The summed E-state index contributed by atoms with van der Waals surface area (Å²) < 4.78 is 61.6. The molecule has 41 heavy (non-hydrogen) atoms. The van der Waals surface area contributed by atoms with Crippen LogP contribution in [0.3, 0.4) is 0 Å². The molecule has 0 saturated heterocycles. The van der Waals surface area contributed by atoms with E-state index >= 15 is 0 Å². The van der Waals surface area contributed by atoms with Crippen molar-refractivity contribution in [1.82, 2.24) is 5.32 Å². The molecule has 1 amide bonds. The van der Waals surface area contributed by atoms with Crippen LogP contribution in [0, 0.1) is 0 Å². The van der Waals surface area contributed by atoms with Crippen LogP contribution in [-0.2, 0) is 21.4 Å². The van der Waals surface area contributed by atoms with E-state index in [0.29, 0.717) is 36.2 Å². The molecule has 0 saturated carbocycles. The maximum atomic E-state index is 14.0. The molecule has 3 rings (SSSR count). The molecular weight excluding hydrogens is 552 g/mol. The van der Waals surface area contributed by atoms with Crippen molar-refractivity contribution in [1.29, 1.82) is 0 Å². The number of hydrogen-bond acceptors (Lipinski definition) is 9. The Labute approximate surface area is 240 Å². The molecule has 0 aliphatic carbocycles. The maximum absolute atomic E-state index is 14.0. The molecule has 3 aromatic carbocycles. The molecule has 3 aromatic rings. The number of hydrogen-bond donors (Lipinski definition) is 1. The van der Waals surface area contributed by atoms with E-state index in [-0.39, 0.29) is 28.6 Å². The summed E-state index contributed by atoms with van der Waals surface area (Å²) in [6, 6.07) is 14.2. The van der Waals surface area contributed by atoms with Gasteiger partial charge in [-0.25, -0.2) is 8.42 Å². The SMILES string of the molecule is CCOc1ccc(CNC(=O)CN(c2cc(OC)ccc2OC)S(=O)(=O)c2ccc(OC)c(OC)c2)cc1OCC. The Bertz CT molecular complexity index is 1440. The summed E-state index contributed by atoms with van der Waals surface area (Å²) in [6.45, 7) is 4.25. The Morgan fingerprint density at radius 2 is 1.37 bits per heavy atom. The standard InChI is InChI=1S/C29H36N2O9S/c1-7-39-26-12-9-20(15-28(26)40-8-2)18-30-29(32)19-31(23-16-21(35-3)10-13-24(23)36-4)41(33,34)22-11-14-25(37-5)27(17-22)38-6/h9-17H,7-8,18-19H2,1-6H3,(H,30,32). The Hall–Kier alpha value is -4.32. The zero-order valence-corrected chi connectivity index (χ0v) is 24.9. The van der Waals surface area contributed by atoms with E-state index in [2.05, 4.69) is 5.32 Å². The second-order valence-electron chi connectivity index (χ2n) is 8.49. The first-order valence-electron chi connectivity index (χ1n) is 12.8. The summed E-state index contributed by atoms with van der Waals surface area (Å²) in [5, 5.41) is 2.79. The molecule has 12 heteroatoms. The van der Waals surface area contributed by atoms with Crippen LogP contribution in [0.1, 0.15) is 19.4 Å². The zero-order valence-electron chi connectivity index (χ0n) is 24.1. The van der Waals surface area contributed by atoms with Crippen LogP contribution in [-0.4, -0.2) is 62.5 Å². The second-order valence-corrected chi connectivity index (χ2v) is 10.4. The van der Waals surface area contributed by atoms with E-state index in [1.165, 1.54) is 52.7 Å². The van der Waals surface area contributed by atoms with Crippen molar-refractivity contribution in [3.63, 3.8) is 0 Å². The number of rotatable bonds is 15. The van der Waals surface area contributed by atoms with Crippen LogP contribution in [0.25, 0.3) is 0 Å². The van der Waals surface area contributed by atoms with Crippen molar-refractivity contribution in [3.8, 4) is 34.5 Å². The van der Waals surface area contributed by atoms with Crippen LogP contribution in [0.5, 0.6) is 34.5 Å². The fraction of sp³-hybridized carbons (Fsp3) is 0.345. The summed E-state index contributed by atoms with van der Waals surface area (Å²) in [4.78, 5) is 13.1. The van der Waals surface area contributed by atoms with Gasteiger partial charge in [0, 0.05) is 18.7 Å². The van der Waals surface area contributed by atoms with E-state index in [4.69, 9.17) is 28.4 Å². The summed E-state index contributed by atoms with van der Waals surface area (Å²) >= 11 is 0. The molecule has 0 aliphatic rings. The van der Waals surface area contributed by atoms with Crippen molar-refractivity contribution in [2.24, 2.45) is 0 Å². The molecule has 0 fully saturated rings. The molecule has 0 aliphatic heterocycles. The molecular formula is C29H36N2O9S. The first-order valence-corrected chi connectivity index (χ1v) is 14.3. The van der Waals surface area contributed by atoms with E-state index < -0.39 is 22.5 Å². The summed E-state index contributed by atoms with van der Waals surface area (Å²) in [5.41, 5.74) is 0.870. The number of amides is 1. The molecule has 0 heterocycles. The Balaban J connectivity index is 1.96. The van der Waals surface area contributed by atoms with Gasteiger partial charge in [-0.1, -0.05) is 6.07 Å². The van der Waals surface area contributed by atoms with Crippen LogP contribution >= 0.6 is 0 Å². The van der Waals surface area contributed by atoms with Crippen molar-refractivity contribution in [2.45, 2.75) is 25.3 Å². The average Bonchev–Trinajstić information content (AvgIpc) is 2.99. The van der Waals surface area contributed by atoms with Crippen LogP contribution in [0.15, 0.2) is 59.5 Å². The topological polar surface area (TPSA) is 122 Å². The predicted octanol–water partition coefficient (Wildman–Crippen LogP) is 4.03. The highest BCUT2D eigenvalue weighted by Gasteiger charge is 2.31. The summed E-state index contributed by atoms with van der Waals surface area (Å²) in [7, 11) is 1.41. The van der Waals surface area contributed by atoms with Gasteiger partial charge in [-0.15, -0.1) is 0 Å². The first-order chi connectivity index (χ1) is 19.7. The van der Waals surface area contributed by atoms with Gasteiger partial charge in [0.1, 0.15) is 18.0 Å². The quantitative estimate of drug-likeness (QED) is 0.280. The van der Waals surface area contributed by atoms with Gasteiger partial charge in [-0.05, 0) is 55.8 Å². The smallest absolute Gasteiger partial charge is 0.265 e. The lowest BCUT2D eigenvalue weighted by Gasteiger charge is -2.26. The molecule has 0 spiro atoms. The number of ether oxygens (including phenoxy) is 6. The number of sulfonamides is 1. The van der Waals surface area contributed by atoms with Crippen LogP contribution < -0.4 is 38.0 Å². The third-order valence-electron chi connectivity index (χ3n) is 5.98. The minimum absolute atomic E-state index is 0.110. The van der Waals surface area contributed by atoms with Gasteiger partial charge in [-0.3, -0.25) is 9.10 Å². The van der Waals surface area contributed by atoms with Gasteiger partial charge < -0.3 is 33.7 Å². The minimum atomic E-state index is -4.31. The van der Waals surface area contributed by atoms with E-state index in [0.717, 1.165) is 9.87 Å². The van der Waals surface area contributed by atoms with E-state index in [1.54, 1.807) is 30.3 Å². The molecule has 1 N–H and O–H groups in total. The fourth-order valence-corrected chi connectivity index (χ4v) is 5.43. The highest BCUT2D eigenvalue weighted by Crippen LogP contribution is 2.37. The molecule has 0 unspecified atom stereocenters. The number of nitrogens with one attached hydrogen (secondary N) is 1. The van der Waals surface area contributed by atoms with Crippen molar-refractivity contribution >= 4 is 21.6 Å². The zero-order chi connectivity index (χ0) is 30.0. The number of methoxy groups -OCH3 is 4. The molecule has 0 aromatic heterocycles.